The first kappa shape index (κ1) is 12.9. The molecule has 5 nitrogen and oxygen atoms in total. The maximum atomic E-state index is 5.26. The molecule has 0 saturated heterocycles. The van der Waals surface area contributed by atoms with Gasteiger partial charge >= 0.3 is 0 Å². The minimum Gasteiger partial charge on any atom is -0.318 e. The molecule has 0 radical (unpaired) electrons. The van der Waals surface area contributed by atoms with E-state index in [2.05, 4.69) is 23.2 Å². The standard InChI is InChI=1S/C12H17N5S/c1-15(8-6-11-5-3-4-7-13-11)10-17-12(18)16(2)9-14-17/h3-5,7,9H,6,8,10H2,1-2H3/p+1. The van der Waals surface area contributed by atoms with E-state index in [4.69, 9.17) is 12.2 Å². The van der Waals surface area contributed by atoms with Crippen molar-refractivity contribution in [2.75, 3.05) is 13.6 Å². The smallest absolute Gasteiger partial charge is 0.202 e. The lowest BCUT2D eigenvalue weighted by atomic mass is 10.2. The number of hydrogen-bond donors (Lipinski definition) is 1. The fourth-order valence-electron chi connectivity index (χ4n) is 1.75. The molecule has 0 spiro atoms. The number of hydrogen-bond acceptors (Lipinski definition) is 3. The summed E-state index contributed by atoms with van der Waals surface area (Å²) in [5, 5.41) is 4.25. The van der Waals surface area contributed by atoms with Gasteiger partial charge in [-0.05, 0) is 24.4 Å². The van der Waals surface area contributed by atoms with Gasteiger partial charge in [0.1, 0.15) is 6.33 Å². The van der Waals surface area contributed by atoms with E-state index in [1.54, 1.807) is 6.33 Å². The Morgan fingerprint density at radius 3 is 2.83 bits per heavy atom. The van der Waals surface area contributed by atoms with Gasteiger partial charge in [-0.2, -0.15) is 9.78 Å². The zero-order valence-corrected chi connectivity index (χ0v) is 11.5. The normalized spacial score (nSPS) is 12.6. The Morgan fingerprint density at radius 2 is 2.22 bits per heavy atom. The molecule has 0 aromatic carbocycles. The Kier molecular flexibility index (Phi) is 4.22. The van der Waals surface area contributed by atoms with Gasteiger partial charge in [0.05, 0.1) is 13.6 Å². The van der Waals surface area contributed by atoms with Gasteiger partial charge in [-0.15, -0.1) is 0 Å². The molecular formula is C12H18N5S+. The van der Waals surface area contributed by atoms with Gasteiger partial charge in [0.15, 0.2) is 6.67 Å². The SMILES string of the molecule is Cn1cnn(C[NH+](C)CCc2ccccn2)c1=S. The van der Waals surface area contributed by atoms with Crippen molar-refractivity contribution in [3.05, 3.63) is 41.2 Å². The molecule has 2 heterocycles. The monoisotopic (exact) mass is 264 g/mol. The first-order valence-corrected chi connectivity index (χ1v) is 6.37. The number of nitrogens with one attached hydrogen (secondary N) is 1. The van der Waals surface area contributed by atoms with Crippen molar-refractivity contribution < 1.29 is 4.90 Å². The van der Waals surface area contributed by atoms with Crippen molar-refractivity contribution >= 4 is 12.2 Å². The maximum Gasteiger partial charge on any atom is 0.202 e. The summed E-state index contributed by atoms with van der Waals surface area (Å²) in [5.74, 6) is 0. The summed E-state index contributed by atoms with van der Waals surface area (Å²) in [6, 6.07) is 6.01. The molecule has 6 heteroatoms. The Morgan fingerprint density at radius 1 is 1.39 bits per heavy atom. The van der Waals surface area contributed by atoms with Gasteiger partial charge in [-0.3, -0.25) is 4.98 Å². The molecule has 1 atom stereocenters. The maximum absolute atomic E-state index is 5.26. The third kappa shape index (κ3) is 3.24. The van der Waals surface area contributed by atoms with E-state index < -0.39 is 0 Å². The average molecular weight is 264 g/mol. The van der Waals surface area contributed by atoms with Gasteiger partial charge in [-0.25, -0.2) is 0 Å². The van der Waals surface area contributed by atoms with Crippen LogP contribution in [0.15, 0.2) is 30.7 Å². The molecule has 18 heavy (non-hydrogen) atoms. The van der Waals surface area contributed by atoms with E-state index in [1.807, 2.05) is 34.6 Å². The third-order valence-electron chi connectivity index (χ3n) is 2.84. The number of quaternary nitrogens is 1. The topological polar surface area (TPSA) is 40.1 Å². The Hall–Kier alpha value is -1.53. The van der Waals surface area contributed by atoms with Crippen molar-refractivity contribution in [3.8, 4) is 0 Å². The van der Waals surface area contributed by atoms with Crippen molar-refractivity contribution in [1.82, 2.24) is 19.3 Å². The van der Waals surface area contributed by atoms with Crippen LogP contribution >= 0.6 is 12.2 Å². The average Bonchev–Trinajstić information content (AvgIpc) is 2.70. The van der Waals surface area contributed by atoms with Crippen molar-refractivity contribution in [3.63, 3.8) is 0 Å². The highest BCUT2D eigenvalue weighted by molar-refractivity contribution is 7.71. The minimum absolute atomic E-state index is 0.757. The van der Waals surface area contributed by atoms with Gasteiger partial charge in [0.2, 0.25) is 4.77 Å². The lowest BCUT2D eigenvalue weighted by Gasteiger charge is -2.13. The zero-order valence-electron chi connectivity index (χ0n) is 10.7. The van der Waals surface area contributed by atoms with Crippen LogP contribution in [0.5, 0.6) is 0 Å². The summed E-state index contributed by atoms with van der Waals surface area (Å²) in [6.07, 6.45) is 4.54. The van der Waals surface area contributed by atoms with Crippen LogP contribution in [0.2, 0.25) is 0 Å². The van der Waals surface area contributed by atoms with E-state index in [-0.39, 0.29) is 0 Å². The van der Waals surface area contributed by atoms with Crippen LogP contribution in [0.4, 0.5) is 0 Å². The van der Waals surface area contributed by atoms with Crippen LogP contribution < -0.4 is 4.90 Å². The first-order valence-electron chi connectivity index (χ1n) is 5.96. The van der Waals surface area contributed by atoms with Crippen LogP contribution in [0, 0.1) is 4.77 Å². The van der Waals surface area contributed by atoms with Crippen molar-refractivity contribution in [2.45, 2.75) is 13.1 Å². The Bertz CT molecular complexity index is 545. The van der Waals surface area contributed by atoms with Crippen LogP contribution in [0.25, 0.3) is 0 Å². The molecule has 0 aliphatic rings. The fraction of sp³-hybridized carbons (Fsp3) is 0.417. The summed E-state index contributed by atoms with van der Waals surface area (Å²) >= 11 is 5.26. The molecule has 0 aliphatic heterocycles. The minimum atomic E-state index is 0.757. The molecular weight excluding hydrogens is 246 g/mol. The Balaban J connectivity index is 1.88. The molecule has 96 valence electrons. The molecule has 1 unspecified atom stereocenters. The molecule has 0 amide bonds. The van der Waals surface area contributed by atoms with Crippen LogP contribution in [0.3, 0.4) is 0 Å². The van der Waals surface area contributed by atoms with E-state index >= 15 is 0 Å². The first-order chi connectivity index (χ1) is 8.66. The molecule has 2 aromatic rings. The summed E-state index contributed by atoms with van der Waals surface area (Å²) in [4.78, 5) is 5.68. The fourth-order valence-corrected chi connectivity index (χ4v) is 1.91. The quantitative estimate of drug-likeness (QED) is 0.777. The largest absolute Gasteiger partial charge is 0.318 e. The summed E-state index contributed by atoms with van der Waals surface area (Å²) in [6.45, 7) is 1.79. The second-order valence-corrected chi connectivity index (χ2v) is 4.83. The number of rotatable bonds is 5. The van der Waals surface area contributed by atoms with E-state index in [1.165, 1.54) is 4.90 Å². The van der Waals surface area contributed by atoms with Gasteiger partial charge in [-0.1, -0.05) is 6.07 Å². The lowest BCUT2D eigenvalue weighted by Crippen LogP contribution is -3.08. The predicted molar refractivity (Wildman–Crippen MR) is 71.7 cm³/mol. The number of likely N-dealkylation sites (N-methyl/N-ethyl adjacent to an activating group) is 1. The highest BCUT2D eigenvalue weighted by Crippen LogP contribution is 1.92. The van der Waals surface area contributed by atoms with Crippen molar-refractivity contribution in [2.24, 2.45) is 7.05 Å². The molecule has 2 aromatic heterocycles. The summed E-state index contributed by atoms with van der Waals surface area (Å²) < 4.78 is 4.46. The number of pyridine rings is 1. The second kappa shape index (κ2) is 5.88. The molecule has 0 bridgehead atoms. The molecule has 0 saturated carbocycles. The molecule has 0 fully saturated rings. The molecule has 0 aliphatic carbocycles. The highest BCUT2D eigenvalue weighted by Gasteiger charge is 2.06. The summed E-state index contributed by atoms with van der Waals surface area (Å²) in [5.41, 5.74) is 1.13. The van der Waals surface area contributed by atoms with E-state index in [0.717, 1.165) is 30.1 Å². The number of aryl methyl sites for hydroxylation is 1. The number of aromatic nitrogens is 4. The Labute approximate surface area is 112 Å². The third-order valence-corrected chi connectivity index (χ3v) is 3.34. The van der Waals surface area contributed by atoms with Crippen LogP contribution in [-0.4, -0.2) is 32.9 Å². The summed E-state index contributed by atoms with van der Waals surface area (Å²) in [7, 11) is 4.05. The lowest BCUT2D eigenvalue weighted by molar-refractivity contribution is -0.903. The van der Waals surface area contributed by atoms with Gasteiger partial charge in [0.25, 0.3) is 0 Å². The van der Waals surface area contributed by atoms with Gasteiger partial charge < -0.3 is 9.47 Å². The zero-order chi connectivity index (χ0) is 13.0. The van der Waals surface area contributed by atoms with Crippen LogP contribution in [0.1, 0.15) is 5.69 Å². The number of nitrogens with zero attached hydrogens (tertiary/aromatic N) is 4. The van der Waals surface area contributed by atoms with E-state index in [0.29, 0.717) is 0 Å². The van der Waals surface area contributed by atoms with Gasteiger partial charge in [0, 0.05) is 25.4 Å². The van der Waals surface area contributed by atoms with Crippen molar-refractivity contribution in [1.29, 1.82) is 0 Å². The predicted octanol–water partition coefficient (Wildman–Crippen LogP) is 0.0610. The molecule has 2 rings (SSSR count). The van der Waals surface area contributed by atoms with E-state index in [9.17, 15) is 0 Å². The molecule has 1 N–H and O–H groups in total. The highest BCUT2D eigenvalue weighted by atomic mass is 32.1. The van der Waals surface area contributed by atoms with Crippen LogP contribution in [-0.2, 0) is 20.1 Å². The second-order valence-electron chi connectivity index (χ2n) is 4.46.